The third-order valence-corrected chi connectivity index (χ3v) is 3.05. The topological polar surface area (TPSA) is 46.5 Å². The van der Waals surface area contributed by atoms with Crippen LogP contribution in [0.1, 0.15) is 39.5 Å². The van der Waals surface area contributed by atoms with Crippen LogP contribution in [0, 0.1) is 0 Å². The Labute approximate surface area is 92.7 Å². The summed E-state index contributed by atoms with van der Waals surface area (Å²) in [5.74, 6) is 0. The van der Waals surface area contributed by atoms with Crippen molar-refractivity contribution in [1.82, 2.24) is 0 Å². The smallest absolute Gasteiger partial charge is 0.324 e. The van der Waals surface area contributed by atoms with E-state index in [-0.39, 0.29) is 18.6 Å². The summed E-state index contributed by atoms with van der Waals surface area (Å²) >= 11 is 0. The third kappa shape index (κ3) is 10.7. The van der Waals surface area contributed by atoms with E-state index in [2.05, 4.69) is 0 Å². The van der Waals surface area contributed by atoms with Crippen molar-refractivity contribution in [3.8, 4) is 0 Å². The second-order valence-corrected chi connectivity index (χ2v) is 4.88. The molecule has 5 heteroatoms. The first-order valence-electron chi connectivity index (χ1n) is 4.58. The minimum absolute atomic E-state index is 0. The zero-order valence-corrected chi connectivity index (χ0v) is 10.7. The molecule has 0 aliphatic carbocycles. The van der Waals surface area contributed by atoms with Gasteiger partial charge in [-0.05, 0) is 12.8 Å². The van der Waals surface area contributed by atoms with Gasteiger partial charge in [-0.2, -0.15) is 0 Å². The molecule has 79 valence electrons. The van der Waals surface area contributed by atoms with E-state index in [1.54, 1.807) is 0 Å². The molecule has 0 aliphatic heterocycles. The Morgan fingerprint density at radius 3 is 2.23 bits per heavy atom. The maximum absolute atomic E-state index is 11.2. The van der Waals surface area contributed by atoms with Gasteiger partial charge in [0.15, 0.2) is 0 Å². The average Bonchev–Trinajstić information content (AvgIpc) is 2.01. The van der Waals surface area contributed by atoms with Gasteiger partial charge in [-0.15, -0.1) is 0 Å². The molecule has 0 aromatic rings. The molecule has 0 bridgehead atoms. The van der Waals surface area contributed by atoms with Crippen LogP contribution < -0.4 is 0 Å². The van der Waals surface area contributed by atoms with Gasteiger partial charge in [0.25, 0.3) is 0 Å². The summed E-state index contributed by atoms with van der Waals surface area (Å²) in [7, 11) is -3.24. The summed E-state index contributed by atoms with van der Waals surface area (Å²) in [6.07, 6.45) is 3.85. The number of hydrogen-bond donors (Lipinski definition) is 1. The molecule has 0 amide bonds. The van der Waals surface area contributed by atoms with Crippen molar-refractivity contribution in [1.29, 1.82) is 0 Å². The normalized spacial score (nSPS) is 14.7. The van der Waals surface area contributed by atoms with Crippen molar-refractivity contribution in [3.05, 3.63) is 0 Å². The number of rotatable bonds is 7. The molecule has 0 heterocycles. The van der Waals surface area contributed by atoms with Gasteiger partial charge < -0.3 is 9.42 Å². The quantitative estimate of drug-likeness (QED) is 0.554. The second kappa shape index (κ2) is 9.30. The monoisotopic (exact) mass is 245 g/mol. The summed E-state index contributed by atoms with van der Waals surface area (Å²) in [6.45, 7) is 4.43. The zero-order valence-electron chi connectivity index (χ0n) is 8.40. The van der Waals surface area contributed by atoms with Crippen LogP contribution >= 0.6 is 7.60 Å². The fourth-order valence-corrected chi connectivity index (χ4v) is 2.03. The van der Waals surface area contributed by atoms with E-state index in [0.717, 1.165) is 25.7 Å². The van der Waals surface area contributed by atoms with E-state index in [4.69, 9.17) is 4.52 Å². The molecule has 1 atom stereocenters. The van der Waals surface area contributed by atoms with Gasteiger partial charge in [0.1, 0.15) is 0 Å². The van der Waals surface area contributed by atoms with Gasteiger partial charge in [-0.3, -0.25) is 4.57 Å². The molecule has 13 heavy (non-hydrogen) atoms. The molecule has 1 radical (unpaired) electrons. The fourth-order valence-electron chi connectivity index (χ4n) is 0.774. The van der Waals surface area contributed by atoms with Crippen molar-refractivity contribution in [2.75, 3.05) is 12.8 Å². The Morgan fingerprint density at radius 2 is 1.77 bits per heavy atom. The van der Waals surface area contributed by atoms with E-state index in [0.29, 0.717) is 12.8 Å². The van der Waals surface area contributed by atoms with E-state index >= 15 is 0 Å². The third-order valence-electron chi connectivity index (χ3n) is 1.59. The van der Waals surface area contributed by atoms with Gasteiger partial charge in [-0.25, -0.2) is 0 Å². The molecule has 1 unspecified atom stereocenters. The Balaban J connectivity index is 0. The van der Waals surface area contributed by atoms with Crippen LogP contribution in [0.25, 0.3) is 0 Å². The predicted molar refractivity (Wildman–Crippen MR) is 50.5 cm³/mol. The minimum atomic E-state index is -3.24. The first kappa shape index (κ1) is 16.2. The molecule has 1 N–H and O–H groups in total. The molecule has 0 rings (SSSR count). The average molecular weight is 245 g/mol. The SMILES string of the molecule is CCCCOP(=O)(O)CCCC.[V]. The summed E-state index contributed by atoms with van der Waals surface area (Å²) in [5.41, 5.74) is 0. The molecule has 0 saturated heterocycles. The maximum atomic E-state index is 11.2. The van der Waals surface area contributed by atoms with E-state index in [1.165, 1.54) is 0 Å². The second-order valence-electron chi connectivity index (χ2n) is 2.90. The van der Waals surface area contributed by atoms with E-state index < -0.39 is 7.60 Å². The zero-order chi connectivity index (χ0) is 9.45. The number of hydrogen-bond acceptors (Lipinski definition) is 2. The first-order valence-corrected chi connectivity index (χ1v) is 6.35. The molecule has 0 fully saturated rings. The largest absolute Gasteiger partial charge is 0.328 e. The summed E-state index contributed by atoms with van der Waals surface area (Å²) in [6, 6.07) is 0. The molecule has 0 aromatic carbocycles. The Morgan fingerprint density at radius 1 is 1.23 bits per heavy atom. The molecule has 0 spiro atoms. The van der Waals surface area contributed by atoms with E-state index in [9.17, 15) is 9.46 Å². The van der Waals surface area contributed by atoms with Crippen LogP contribution in [0.5, 0.6) is 0 Å². The number of unbranched alkanes of at least 4 members (excludes halogenated alkanes) is 2. The van der Waals surface area contributed by atoms with Crippen molar-refractivity contribution in [2.45, 2.75) is 39.5 Å². The van der Waals surface area contributed by atoms with Gasteiger partial charge in [-0.1, -0.05) is 26.7 Å². The summed E-state index contributed by atoms with van der Waals surface area (Å²) in [4.78, 5) is 9.21. The Hall–Kier alpha value is 0.734. The van der Waals surface area contributed by atoms with Crippen LogP contribution in [-0.2, 0) is 27.6 Å². The summed E-state index contributed by atoms with van der Waals surface area (Å²) in [5, 5.41) is 0. The Bertz CT molecular complexity index is 152. The van der Waals surface area contributed by atoms with Crippen LogP contribution in [0.3, 0.4) is 0 Å². The Kier molecular flexibility index (Phi) is 11.6. The van der Waals surface area contributed by atoms with Crippen LogP contribution in [0.15, 0.2) is 0 Å². The van der Waals surface area contributed by atoms with Gasteiger partial charge in [0.2, 0.25) is 0 Å². The van der Waals surface area contributed by atoms with Gasteiger partial charge in [0, 0.05) is 24.7 Å². The first-order chi connectivity index (χ1) is 5.62. The molecule has 3 nitrogen and oxygen atoms in total. The predicted octanol–water partition coefficient (Wildman–Crippen LogP) is 2.79. The van der Waals surface area contributed by atoms with Crippen molar-refractivity contribution in [2.24, 2.45) is 0 Å². The molecule has 0 aromatic heterocycles. The minimum Gasteiger partial charge on any atom is -0.324 e. The van der Waals surface area contributed by atoms with E-state index in [1.807, 2.05) is 13.8 Å². The molecular weight excluding hydrogens is 226 g/mol. The molecular formula is C8H19O3PV. The van der Waals surface area contributed by atoms with Crippen molar-refractivity contribution >= 4 is 7.60 Å². The van der Waals surface area contributed by atoms with Crippen LogP contribution in [-0.4, -0.2) is 17.7 Å². The van der Waals surface area contributed by atoms with Crippen molar-refractivity contribution in [3.63, 3.8) is 0 Å². The van der Waals surface area contributed by atoms with Crippen LogP contribution in [0.2, 0.25) is 0 Å². The maximum Gasteiger partial charge on any atom is 0.328 e. The molecule has 0 saturated carbocycles. The van der Waals surface area contributed by atoms with Gasteiger partial charge in [0.05, 0.1) is 6.61 Å². The van der Waals surface area contributed by atoms with Crippen molar-refractivity contribution < 1.29 is 32.5 Å². The van der Waals surface area contributed by atoms with Crippen LogP contribution in [0.4, 0.5) is 0 Å². The summed E-state index contributed by atoms with van der Waals surface area (Å²) < 4.78 is 16.1. The molecule has 0 aliphatic rings. The van der Waals surface area contributed by atoms with Gasteiger partial charge >= 0.3 is 7.60 Å². The fraction of sp³-hybridized carbons (Fsp3) is 1.00. The standard InChI is InChI=1S/C8H19O3P.V/c1-3-5-7-11-12(9,10)8-6-4-2;/h3-8H2,1-2H3,(H,9,10);.